The van der Waals surface area contributed by atoms with E-state index in [1.807, 2.05) is 42.5 Å². The van der Waals surface area contributed by atoms with Gasteiger partial charge in [-0.25, -0.2) is 0 Å². The molecule has 0 heterocycles. The third kappa shape index (κ3) is 3.89. The zero-order chi connectivity index (χ0) is 17.9. The number of benzene rings is 3. The maximum Gasteiger partial charge on any atom is 0.127 e. The van der Waals surface area contributed by atoms with Crippen LogP contribution in [-0.4, -0.2) is 4.99 Å². The zero-order valence-electron chi connectivity index (χ0n) is 14.4. The Bertz CT molecular complexity index is 853. The lowest BCUT2D eigenvalue weighted by molar-refractivity contribution is 0.482. The minimum Gasteiger partial charge on any atom is -0.457 e. The number of nitrogens with two attached hydrogens (primary N) is 1. The molecule has 0 unspecified atom stereocenters. The van der Waals surface area contributed by atoms with Gasteiger partial charge in [-0.15, -0.1) is 0 Å². The quantitative estimate of drug-likeness (QED) is 0.624. The van der Waals surface area contributed by atoms with Crippen molar-refractivity contribution >= 4 is 17.2 Å². The van der Waals surface area contributed by atoms with Crippen molar-refractivity contribution in [3.8, 4) is 11.5 Å². The van der Waals surface area contributed by atoms with Gasteiger partial charge in [-0.1, -0.05) is 68.5 Å². The Morgan fingerprint density at radius 3 is 1.76 bits per heavy atom. The van der Waals surface area contributed by atoms with Crippen LogP contribution in [0.4, 0.5) is 0 Å². The molecule has 0 fully saturated rings. The molecule has 0 saturated carbocycles. The lowest BCUT2D eigenvalue weighted by Crippen LogP contribution is -2.18. The minimum absolute atomic E-state index is 0.0573. The predicted octanol–water partition coefficient (Wildman–Crippen LogP) is 5.44. The van der Waals surface area contributed by atoms with Gasteiger partial charge in [-0.05, 0) is 47.5 Å². The Kier molecular flexibility index (Phi) is 4.86. The van der Waals surface area contributed by atoms with Gasteiger partial charge in [0.25, 0.3) is 0 Å². The molecule has 3 aromatic rings. The van der Waals surface area contributed by atoms with Gasteiger partial charge in [0.15, 0.2) is 0 Å². The molecule has 0 aromatic heterocycles. The summed E-state index contributed by atoms with van der Waals surface area (Å²) in [5, 5.41) is 0. The average Bonchev–Trinajstić information content (AvgIpc) is 2.63. The van der Waals surface area contributed by atoms with E-state index in [1.54, 1.807) is 0 Å². The third-order valence-corrected chi connectivity index (χ3v) is 4.68. The van der Waals surface area contributed by atoms with Gasteiger partial charge in [-0.3, -0.25) is 0 Å². The summed E-state index contributed by atoms with van der Waals surface area (Å²) in [6.45, 7) is 4.46. The van der Waals surface area contributed by atoms with E-state index >= 15 is 0 Å². The molecule has 3 heteroatoms. The van der Waals surface area contributed by atoms with Crippen LogP contribution in [0.25, 0.3) is 0 Å². The van der Waals surface area contributed by atoms with E-state index in [0.29, 0.717) is 4.99 Å². The first-order valence-corrected chi connectivity index (χ1v) is 8.61. The van der Waals surface area contributed by atoms with Crippen molar-refractivity contribution in [3.63, 3.8) is 0 Å². The summed E-state index contributed by atoms with van der Waals surface area (Å²) in [6, 6.07) is 26.2. The van der Waals surface area contributed by atoms with E-state index in [0.717, 1.165) is 17.1 Å². The van der Waals surface area contributed by atoms with E-state index in [2.05, 4.69) is 50.2 Å². The first-order chi connectivity index (χ1) is 12.0. The van der Waals surface area contributed by atoms with Crippen molar-refractivity contribution in [2.24, 2.45) is 5.73 Å². The fourth-order valence-corrected chi connectivity index (χ4v) is 2.92. The van der Waals surface area contributed by atoms with Crippen LogP contribution in [-0.2, 0) is 5.41 Å². The van der Waals surface area contributed by atoms with E-state index in [9.17, 15) is 0 Å². The highest BCUT2D eigenvalue weighted by molar-refractivity contribution is 7.80. The van der Waals surface area contributed by atoms with Crippen molar-refractivity contribution < 1.29 is 4.74 Å². The number of hydrogen-bond acceptors (Lipinski definition) is 2. The Hall–Kier alpha value is -2.65. The lowest BCUT2D eigenvalue weighted by atomic mass is 9.78. The first-order valence-electron chi connectivity index (χ1n) is 8.20. The molecule has 0 aliphatic heterocycles. The van der Waals surface area contributed by atoms with Crippen molar-refractivity contribution in [2.45, 2.75) is 19.3 Å². The van der Waals surface area contributed by atoms with Crippen LogP contribution in [0.3, 0.4) is 0 Å². The predicted molar refractivity (Wildman–Crippen MR) is 107 cm³/mol. The van der Waals surface area contributed by atoms with Crippen LogP contribution in [0.2, 0.25) is 0 Å². The maximum absolute atomic E-state index is 5.90. The molecule has 0 spiro atoms. The molecule has 0 atom stereocenters. The van der Waals surface area contributed by atoms with E-state index in [1.165, 1.54) is 11.1 Å². The fraction of sp³-hybridized carbons (Fsp3) is 0.136. The first kappa shape index (κ1) is 17.2. The Morgan fingerprint density at radius 1 is 0.760 bits per heavy atom. The molecule has 126 valence electrons. The molecule has 0 saturated heterocycles. The molecule has 2 nitrogen and oxygen atoms in total. The number of ether oxygens (including phenoxy) is 1. The van der Waals surface area contributed by atoms with Crippen LogP contribution < -0.4 is 10.5 Å². The van der Waals surface area contributed by atoms with Gasteiger partial charge in [0.2, 0.25) is 0 Å². The number of hydrogen-bond donors (Lipinski definition) is 1. The molecule has 0 aliphatic rings. The summed E-state index contributed by atoms with van der Waals surface area (Å²) < 4.78 is 5.90. The molecular formula is C22H21NOS. The smallest absolute Gasteiger partial charge is 0.127 e. The highest BCUT2D eigenvalue weighted by Crippen LogP contribution is 2.33. The van der Waals surface area contributed by atoms with Crippen LogP contribution in [0.5, 0.6) is 11.5 Å². The van der Waals surface area contributed by atoms with Crippen molar-refractivity contribution in [2.75, 3.05) is 0 Å². The van der Waals surface area contributed by atoms with Gasteiger partial charge < -0.3 is 10.5 Å². The van der Waals surface area contributed by atoms with Gasteiger partial charge in [0.05, 0.1) is 0 Å². The normalized spacial score (nSPS) is 11.1. The summed E-state index contributed by atoms with van der Waals surface area (Å²) in [5.74, 6) is 1.56. The summed E-state index contributed by atoms with van der Waals surface area (Å²) in [5.41, 5.74) is 8.92. The molecule has 2 N–H and O–H groups in total. The van der Waals surface area contributed by atoms with Gasteiger partial charge in [0.1, 0.15) is 16.5 Å². The topological polar surface area (TPSA) is 35.2 Å². The Morgan fingerprint density at radius 2 is 1.24 bits per heavy atom. The highest BCUT2D eigenvalue weighted by Gasteiger charge is 2.22. The molecule has 3 rings (SSSR count). The fourth-order valence-electron chi connectivity index (χ4n) is 2.78. The summed E-state index contributed by atoms with van der Waals surface area (Å²) >= 11 is 4.96. The largest absolute Gasteiger partial charge is 0.457 e. The second-order valence-corrected chi connectivity index (χ2v) is 6.95. The minimum atomic E-state index is -0.0573. The van der Waals surface area contributed by atoms with Gasteiger partial charge in [-0.2, -0.15) is 0 Å². The van der Waals surface area contributed by atoms with E-state index in [-0.39, 0.29) is 5.41 Å². The SMILES string of the molecule is CC(C)(c1ccccc1)c1ccc(Oc2ccc(C(N)=S)cc2)cc1. The van der Waals surface area contributed by atoms with Crippen molar-refractivity contribution in [3.05, 3.63) is 95.6 Å². The molecule has 0 radical (unpaired) electrons. The van der Waals surface area contributed by atoms with E-state index in [4.69, 9.17) is 22.7 Å². The zero-order valence-corrected chi connectivity index (χ0v) is 15.2. The number of rotatable bonds is 5. The highest BCUT2D eigenvalue weighted by atomic mass is 32.1. The summed E-state index contributed by atoms with van der Waals surface area (Å²) in [7, 11) is 0. The Labute approximate surface area is 154 Å². The second kappa shape index (κ2) is 7.08. The van der Waals surface area contributed by atoms with Crippen LogP contribution in [0.15, 0.2) is 78.9 Å². The summed E-state index contributed by atoms with van der Waals surface area (Å²) in [6.07, 6.45) is 0. The summed E-state index contributed by atoms with van der Waals surface area (Å²) in [4.78, 5) is 0.388. The Balaban J connectivity index is 1.77. The third-order valence-electron chi connectivity index (χ3n) is 4.45. The van der Waals surface area contributed by atoms with Crippen molar-refractivity contribution in [1.82, 2.24) is 0 Å². The maximum atomic E-state index is 5.90. The standard InChI is InChI=1S/C22H21NOS/c1-22(2,17-6-4-3-5-7-17)18-10-14-20(15-11-18)24-19-12-8-16(9-13-19)21(23)25/h3-15H,1-2H3,(H2,23,25). The molecule has 0 amide bonds. The molecule has 0 bridgehead atoms. The van der Waals surface area contributed by atoms with Crippen molar-refractivity contribution in [1.29, 1.82) is 0 Å². The van der Waals surface area contributed by atoms with Crippen LogP contribution in [0.1, 0.15) is 30.5 Å². The van der Waals surface area contributed by atoms with Crippen LogP contribution in [0, 0.1) is 0 Å². The van der Waals surface area contributed by atoms with E-state index < -0.39 is 0 Å². The molecular weight excluding hydrogens is 326 g/mol. The average molecular weight is 347 g/mol. The molecule has 25 heavy (non-hydrogen) atoms. The van der Waals surface area contributed by atoms with Gasteiger partial charge in [0, 0.05) is 11.0 Å². The van der Waals surface area contributed by atoms with Crippen LogP contribution >= 0.6 is 12.2 Å². The lowest BCUT2D eigenvalue weighted by Gasteiger charge is -2.26. The van der Waals surface area contributed by atoms with Gasteiger partial charge >= 0.3 is 0 Å². The monoisotopic (exact) mass is 347 g/mol. The molecule has 0 aliphatic carbocycles. The number of thiocarbonyl (C=S) groups is 1. The second-order valence-electron chi connectivity index (χ2n) is 6.51. The molecule has 3 aromatic carbocycles.